The number of carbonyl (C=O) groups excluding carboxylic acids is 2. The van der Waals surface area contributed by atoms with Crippen molar-refractivity contribution >= 4 is 23.3 Å². The Morgan fingerprint density at radius 2 is 1.97 bits per heavy atom. The summed E-state index contributed by atoms with van der Waals surface area (Å²) in [6.07, 6.45) is 2.63. The molecule has 2 aromatic carbocycles. The molecule has 1 unspecified atom stereocenters. The molecule has 1 aliphatic heterocycles. The number of piperidine rings is 1. The van der Waals surface area contributed by atoms with E-state index in [1.165, 1.54) is 0 Å². The molecule has 1 aromatic heterocycles. The minimum atomic E-state index is -0.620. The Balaban J connectivity index is 1.52. The van der Waals surface area contributed by atoms with Gasteiger partial charge in [-0.25, -0.2) is 0 Å². The monoisotopic (exact) mass is 418 g/mol. The first-order valence-electron chi connectivity index (χ1n) is 10.5. The smallest absolute Gasteiger partial charge is 0.252 e. The van der Waals surface area contributed by atoms with E-state index in [9.17, 15) is 9.59 Å². The van der Waals surface area contributed by atoms with Crippen LogP contribution in [0.2, 0.25) is 0 Å². The van der Waals surface area contributed by atoms with E-state index in [0.717, 1.165) is 36.2 Å². The number of rotatable bonds is 7. The third-order valence-electron chi connectivity index (χ3n) is 5.31. The van der Waals surface area contributed by atoms with Gasteiger partial charge in [-0.2, -0.15) is 0 Å². The van der Waals surface area contributed by atoms with Gasteiger partial charge in [0.15, 0.2) is 5.82 Å². The van der Waals surface area contributed by atoms with Gasteiger partial charge in [0.2, 0.25) is 5.91 Å². The van der Waals surface area contributed by atoms with Crippen molar-refractivity contribution in [1.29, 1.82) is 0 Å². The Kier molecular flexibility index (Phi) is 6.31. The van der Waals surface area contributed by atoms with Gasteiger partial charge in [0, 0.05) is 31.3 Å². The molecule has 31 heavy (non-hydrogen) atoms. The molecule has 1 fully saturated rings. The van der Waals surface area contributed by atoms with Crippen LogP contribution in [-0.4, -0.2) is 28.4 Å². The third-order valence-corrected chi connectivity index (χ3v) is 5.31. The maximum atomic E-state index is 13.1. The van der Waals surface area contributed by atoms with Crippen LogP contribution in [-0.2, 0) is 16.1 Å². The van der Waals surface area contributed by atoms with Gasteiger partial charge >= 0.3 is 0 Å². The Labute approximate surface area is 181 Å². The van der Waals surface area contributed by atoms with Gasteiger partial charge in [-0.15, -0.1) is 0 Å². The van der Waals surface area contributed by atoms with Crippen molar-refractivity contribution in [3.63, 3.8) is 0 Å². The zero-order chi connectivity index (χ0) is 21.6. The first-order valence-corrected chi connectivity index (χ1v) is 10.5. The Morgan fingerprint density at radius 1 is 1.13 bits per heavy atom. The Morgan fingerprint density at radius 3 is 2.71 bits per heavy atom. The lowest BCUT2D eigenvalue weighted by atomic mass is 10.0. The molecule has 2 amide bonds. The number of likely N-dealkylation sites (tertiary alicyclic amines) is 1. The van der Waals surface area contributed by atoms with E-state index in [2.05, 4.69) is 15.8 Å². The standard InChI is InChI=1S/C24H26N4O3/c1-17-14-21(27-31-17)26-24(30)23(19-9-3-2-4-10-19)25-20-11-7-8-18(15-20)16-28-13-6-5-12-22(28)29/h2-4,7-11,14-15,23,25H,5-6,12-13,16H2,1H3,(H,26,27,30). The van der Waals surface area contributed by atoms with Crippen LogP contribution in [0.25, 0.3) is 0 Å². The van der Waals surface area contributed by atoms with Gasteiger partial charge in [-0.05, 0) is 43.0 Å². The van der Waals surface area contributed by atoms with E-state index in [1.807, 2.05) is 59.5 Å². The molecule has 160 valence electrons. The fourth-order valence-electron chi connectivity index (χ4n) is 3.74. The first kappa shape index (κ1) is 20.7. The predicted octanol–water partition coefficient (Wildman–Crippen LogP) is 4.29. The van der Waals surface area contributed by atoms with Crippen molar-refractivity contribution in [2.24, 2.45) is 0 Å². The zero-order valence-corrected chi connectivity index (χ0v) is 17.5. The van der Waals surface area contributed by atoms with Crippen LogP contribution in [0.4, 0.5) is 11.5 Å². The van der Waals surface area contributed by atoms with Crippen LogP contribution in [0.15, 0.2) is 65.2 Å². The van der Waals surface area contributed by atoms with Crippen LogP contribution in [0.3, 0.4) is 0 Å². The molecular formula is C24H26N4O3. The maximum absolute atomic E-state index is 13.1. The summed E-state index contributed by atoms with van der Waals surface area (Å²) in [6, 6.07) is 18.4. The molecule has 4 rings (SSSR count). The second kappa shape index (κ2) is 9.47. The molecule has 2 heterocycles. The van der Waals surface area contributed by atoms with E-state index >= 15 is 0 Å². The molecule has 0 spiro atoms. The number of hydrogen-bond donors (Lipinski definition) is 2. The molecule has 0 aliphatic carbocycles. The van der Waals surface area contributed by atoms with Gasteiger partial charge in [0.25, 0.3) is 5.91 Å². The van der Waals surface area contributed by atoms with E-state index in [0.29, 0.717) is 24.5 Å². The van der Waals surface area contributed by atoms with E-state index in [4.69, 9.17) is 4.52 Å². The number of hydrogen-bond acceptors (Lipinski definition) is 5. The fraction of sp³-hybridized carbons (Fsp3) is 0.292. The highest BCUT2D eigenvalue weighted by molar-refractivity contribution is 5.96. The van der Waals surface area contributed by atoms with E-state index in [-0.39, 0.29) is 11.8 Å². The highest BCUT2D eigenvalue weighted by atomic mass is 16.5. The van der Waals surface area contributed by atoms with Crippen LogP contribution in [0.5, 0.6) is 0 Å². The van der Waals surface area contributed by atoms with Crippen LogP contribution in [0.1, 0.15) is 42.2 Å². The predicted molar refractivity (Wildman–Crippen MR) is 118 cm³/mol. The van der Waals surface area contributed by atoms with Crippen molar-refractivity contribution in [3.05, 3.63) is 77.6 Å². The molecule has 1 saturated heterocycles. The molecule has 0 radical (unpaired) electrons. The summed E-state index contributed by atoms with van der Waals surface area (Å²) in [5.74, 6) is 0.965. The highest BCUT2D eigenvalue weighted by Crippen LogP contribution is 2.23. The van der Waals surface area contributed by atoms with Crippen molar-refractivity contribution in [2.75, 3.05) is 17.2 Å². The summed E-state index contributed by atoms with van der Waals surface area (Å²) in [6.45, 7) is 3.14. The number of nitrogens with zero attached hydrogens (tertiary/aromatic N) is 2. The molecule has 0 saturated carbocycles. The quantitative estimate of drug-likeness (QED) is 0.598. The molecule has 3 aromatic rings. The number of anilines is 2. The maximum Gasteiger partial charge on any atom is 0.252 e. The SMILES string of the molecule is Cc1cc(NC(=O)C(Nc2cccc(CN3CCCCC3=O)c2)c2ccccc2)no1. The summed E-state index contributed by atoms with van der Waals surface area (Å²) < 4.78 is 5.05. The minimum Gasteiger partial charge on any atom is -0.370 e. The highest BCUT2D eigenvalue weighted by Gasteiger charge is 2.22. The number of aryl methyl sites for hydroxylation is 1. The van der Waals surface area contributed by atoms with Gasteiger partial charge in [-0.3, -0.25) is 9.59 Å². The summed E-state index contributed by atoms with van der Waals surface area (Å²) >= 11 is 0. The Hall–Kier alpha value is -3.61. The fourth-order valence-corrected chi connectivity index (χ4v) is 3.74. The lowest BCUT2D eigenvalue weighted by Crippen LogP contribution is -2.34. The molecule has 1 aliphatic rings. The van der Waals surface area contributed by atoms with Gasteiger partial charge in [0.1, 0.15) is 11.8 Å². The van der Waals surface area contributed by atoms with Crippen LogP contribution in [0, 0.1) is 6.92 Å². The third kappa shape index (κ3) is 5.31. The number of carbonyl (C=O) groups is 2. The van der Waals surface area contributed by atoms with Crippen molar-refractivity contribution in [1.82, 2.24) is 10.1 Å². The van der Waals surface area contributed by atoms with E-state index in [1.54, 1.807) is 13.0 Å². The number of amides is 2. The average molecular weight is 418 g/mol. The second-order valence-electron chi connectivity index (χ2n) is 7.77. The summed E-state index contributed by atoms with van der Waals surface area (Å²) in [5, 5.41) is 10.00. The lowest BCUT2D eigenvalue weighted by molar-refractivity contribution is -0.133. The largest absolute Gasteiger partial charge is 0.370 e. The van der Waals surface area contributed by atoms with Gasteiger partial charge < -0.3 is 20.1 Å². The molecule has 7 nitrogen and oxygen atoms in total. The first-order chi connectivity index (χ1) is 15.1. The topological polar surface area (TPSA) is 87.5 Å². The average Bonchev–Trinajstić information content (AvgIpc) is 3.19. The molecule has 1 atom stereocenters. The molecule has 0 bridgehead atoms. The minimum absolute atomic E-state index is 0.203. The lowest BCUT2D eigenvalue weighted by Gasteiger charge is -2.27. The van der Waals surface area contributed by atoms with E-state index < -0.39 is 6.04 Å². The second-order valence-corrected chi connectivity index (χ2v) is 7.77. The van der Waals surface area contributed by atoms with Crippen LogP contribution < -0.4 is 10.6 Å². The summed E-state index contributed by atoms with van der Waals surface area (Å²) in [7, 11) is 0. The van der Waals surface area contributed by atoms with Gasteiger partial charge in [-0.1, -0.05) is 47.6 Å². The molecular weight excluding hydrogens is 392 g/mol. The number of aromatic nitrogens is 1. The summed E-state index contributed by atoms with van der Waals surface area (Å²) in [4.78, 5) is 27.1. The van der Waals surface area contributed by atoms with Crippen molar-refractivity contribution < 1.29 is 14.1 Å². The number of nitrogens with one attached hydrogen (secondary N) is 2. The normalized spacial score (nSPS) is 14.9. The molecule has 2 N–H and O–H groups in total. The van der Waals surface area contributed by atoms with Crippen molar-refractivity contribution in [2.45, 2.75) is 38.8 Å². The van der Waals surface area contributed by atoms with Crippen LogP contribution >= 0.6 is 0 Å². The Bertz CT molecular complexity index is 1050. The van der Waals surface area contributed by atoms with Gasteiger partial charge in [0.05, 0.1) is 0 Å². The molecule has 7 heteroatoms. The zero-order valence-electron chi connectivity index (χ0n) is 17.5. The number of benzene rings is 2. The van der Waals surface area contributed by atoms with Crippen molar-refractivity contribution in [3.8, 4) is 0 Å². The summed E-state index contributed by atoms with van der Waals surface area (Å²) in [5.41, 5.74) is 2.67.